The number of carbonyl (C=O) groups is 4. The summed E-state index contributed by atoms with van der Waals surface area (Å²) in [6, 6.07) is 35.6. The molecule has 2 aliphatic heterocycles. The minimum Gasteiger partial charge on any atom is -0.397 e. The van der Waals surface area contributed by atoms with E-state index in [4.69, 9.17) is 21.4 Å². The van der Waals surface area contributed by atoms with Crippen LogP contribution in [0.15, 0.2) is 131 Å². The van der Waals surface area contributed by atoms with E-state index in [1.807, 2.05) is 72.8 Å². The summed E-state index contributed by atoms with van der Waals surface area (Å²) in [5.41, 5.74) is 16.8. The number of hydrogen-bond acceptors (Lipinski definition) is 12. The number of aromatic nitrogens is 4. The first-order valence-corrected chi connectivity index (χ1v) is 18.5. The molecule has 11 aromatic rings. The fourth-order valence-corrected chi connectivity index (χ4v) is 8.37. The average Bonchev–Trinajstić information content (AvgIpc) is 3.85. The quantitative estimate of drug-likeness (QED) is 0.0716. The van der Waals surface area contributed by atoms with Gasteiger partial charge in [0, 0.05) is 43.1 Å². The standard InChI is InChI=1S/C26H12N4O2.C14H4O6.C6H8N2/c31-25-15-11-12-16-22-14(24-28-18-6-2-4-8-20(18)30(24)26(16)32)10-9-13(21(15)22)23-27-17-5-1-3-7-19(17)29(23)25;15-11-5-1-2-6-10-8(14(18)20-12(6)16)4-3-7(9(5)10)13(17)19-11;7-5-3-1-2-4-6(5)8/h1-12H;1-4H;1-4H,7-8H2. The molecule has 0 unspecified atom stereocenters. The van der Waals surface area contributed by atoms with Crippen LogP contribution in [0.4, 0.5) is 11.4 Å². The second-order valence-electron chi connectivity index (χ2n) is 14.3. The number of fused-ring (bicyclic) bond motifs is 8. The van der Waals surface area contributed by atoms with Crippen molar-refractivity contribution in [3.63, 3.8) is 0 Å². The molecule has 60 heavy (non-hydrogen) atoms. The van der Waals surface area contributed by atoms with Crippen molar-refractivity contribution in [3.8, 4) is 0 Å². The number of cyclic esters (lactones) is 4. The normalized spacial score (nSPS) is 13.3. The van der Waals surface area contributed by atoms with E-state index in [0.717, 1.165) is 43.6 Å². The van der Waals surface area contributed by atoms with Crippen molar-refractivity contribution in [3.05, 3.63) is 164 Å². The monoisotopic (exact) mass is 788 g/mol. The molecular formula is C46H24N6O8. The highest BCUT2D eigenvalue weighted by Crippen LogP contribution is 2.38. The molecule has 14 heteroatoms. The predicted molar refractivity (Wildman–Crippen MR) is 225 cm³/mol. The maximum absolute atomic E-state index is 13.6. The number of nitrogen functional groups attached to an aromatic ring is 2. The third-order valence-electron chi connectivity index (χ3n) is 11.0. The summed E-state index contributed by atoms with van der Waals surface area (Å²) in [4.78, 5) is 83.6. The maximum atomic E-state index is 13.6. The van der Waals surface area contributed by atoms with Gasteiger partial charge in [-0.15, -0.1) is 0 Å². The topological polar surface area (TPSA) is 208 Å². The lowest BCUT2D eigenvalue weighted by Crippen LogP contribution is -2.25. The van der Waals surface area contributed by atoms with Crippen LogP contribution in [0.3, 0.4) is 0 Å². The van der Waals surface area contributed by atoms with E-state index in [0.29, 0.717) is 33.4 Å². The number of rotatable bonds is 0. The zero-order chi connectivity index (χ0) is 41.1. The van der Waals surface area contributed by atoms with Crippen molar-refractivity contribution in [2.45, 2.75) is 0 Å². The second-order valence-corrected chi connectivity index (χ2v) is 14.3. The SMILES string of the molecule is Nc1ccccc1N.O=C1OC(=O)c2ccc3c4c(ccc1c24)C(=O)OC3=O.O=c1c2ccc3c(=O)n4c5ccccc5nc4c4ccc(c2c34)c2nc3ccccc3n12. The summed E-state index contributed by atoms with van der Waals surface area (Å²) in [6.45, 7) is 0. The number of ether oxygens (including phenoxy) is 2. The van der Waals surface area contributed by atoms with Gasteiger partial charge in [0.2, 0.25) is 0 Å². The molecule has 13 rings (SSSR count). The Bertz CT molecular complexity index is 3570. The van der Waals surface area contributed by atoms with E-state index in [2.05, 4.69) is 9.47 Å². The number of anilines is 2. The number of para-hydroxylation sites is 6. The summed E-state index contributed by atoms with van der Waals surface area (Å²) >= 11 is 0. The zero-order valence-corrected chi connectivity index (χ0v) is 30.8. The van der Waals surface area contributed by atoms with Crippen molar-refractivity contribution >= 4 is 112 Å². The van der Waals surface area contributed by atoms with E-state index in [1.165, 1.54) is 24.3 Å². The highest BCUT2D eigenvalue weighted by Gasteiger charge is 2.35. The largest absolute Gasteiger partial charge is 0.397 e. The van der Waals surface area contributed by atoms with E-state index < -0.39 is 23.9 Å². The Labute approximate surface area is 334 Å². The van der Waals surface area contributed by atoms with Gasteiger partial charge in [-0.25, -0.2) is 29.1 Å². The van der Waals surface area contributed by atoms with Gasteiger partial charge in [-0.05, 0) is 84.9 Å². The molecule has 0 amide bonds. The van der Waals surface area contributed by atoms with Crippen molar-refractivity contribution in [2.24, 2.45) is 0 Å². The van der Waals surface area contributed by atoms with Crippen molar-refractivity contribution < 1.29 is 28.7 Å². The highest BCUT2D eigenvalue weighted by molar-refractivity contribution is 6.30. The third kappa shape index (κ3) is 4.69. The number of esters is 4. The lowest BCUT2D eigenvalue weighted by Gasteiger charge is -2.21. The van der Waals surface area contributed by atoms with E-state index >= 15 is 0 Å². The van der Waals surface area contributed by atoms with Crippen LogP contribution in [0.2, 0.25) is 0 Å². The average molecular weight is 789 g/mol. The fourth-order valence-electron chi connectivity index (χ4n) is 8.37. The van der Waals surface area contributed by atoms with Gasteiger partial charge < -0.3 is 20.9 Å². The van der Waals surface area contributed by atoms with Gasteiger partial charge >= 0.3 is 23.9 Å². The van der Waals surface area contributed by atoms with Gasteiger partial charge in [0.1, 0.15) is 11.3 Å². The first kappa shape index (κ1) is 34.5. The van der Waals surface area contributed by atoms with Crippen LogP contribution in [0.1, 0.15) is 41.4 Å². The number of nitrogens with zero attached hydrogens (tertiary/aromatic N) is 4. The number of hydrogen-bond donors (Lipinski definition) is 2. The molecule has 0 spiro atoms. The molecule has 0 aliphatic carbocycles. The Morgan fingerprint density at radius 3 is 1.08 bits per heavy atom. The van der Waals surface area contributed by atoms with Crippen molar-refractivity contribution in [2.75, 3.05) is 11.5 Å². The molecule has 0 saturated heterocycles. The van der Waals surface area contributed by atoms with Gasteiger partial charge in [-0.3, -0.25) is 18.4 Å². The Morgan fingerprint density at radius 2 is 0.717 bits per heavy atom. The Balaban J connectivity index is 0.000000124. The third-order valence-corrected chi connectivity index (χ3v) is 11.0. The molecule has 2 aliphatic rings. The van der Waals surface area contributed by atoms with E-state index in [9.17, 15) is 28.8 Å². The molecule has 0 saturated carbocycles. The van der Waals surface area contributed by atoms with Crippen LogP contribution in [0.5, 0.6) is 0 Å². The van der Waals surface area contributed by atoms with Crippen LogP contribution >= 0.6 is 0 Å². The minimum absolute atomic E-state index is 0.128. The molecule has 286 valence electrons. The van der Waals surface area contributed by atoms with Crippen LogP contribution < -0.4 is 22.6 Å². The van der Waals surface area contributed by atoms with Crippen molar-refractivity contribution in [1.82, 2.24) is 18.8 Å². The Kier molecular flexibility index (Phi) is 7.10. The lowest BCUT2D eigenvalue weighted by atomic mass is 9.89. The molecule has 0 radical (unpaired) electrons. The number of carbonyl (C=O) groups excluding carboxylic acids is 4. The molecule has 0 atom stereocenters. The molecule has 0 fully saturated rings. The molecule has 14 nitrogen and oxygen atoms in total. The maximum Gasteiger partial charge on any atom is 0.346 e. The summed E-state index contributed by atoms with van der Waals surface area (Å²) in [5.74, 6) is -3.18. The van der Waals surface area contributed by atoms with Crippen LogP contribution in [0.25, 0.3) is 76.5 Å². The molecule has 6 heterocycles. The van der Waals surface area contributed by atoms with Crippen LogP contribution in [0, 0.1) is 0 Å². The Hall–Kier alpha value is -8.78. The first-order chi connectivity index (χ1) is 29.1. The smallest absolute Gasteiger partial charge is 0.346 e. The molecular weight excluding hydrogens is 765 g/mol. The molecule has 4 N–H and O–H groups in total. The number of pyridine rings is 2. The fraction of sp³-hybridized carbons (Fsp3) is 0. The summed E-state index contributed by atoms with van der Waals surface area (Å²) < 4.78 is 12.6. The van der Waals surface area contributed by atoms with Gasteiger partial charge in [0.25, 0.3) is 11.1 Å². The summed E-state index contributed by atoms with van der Waals surface area (Å²) in [7, 11) is 0. The van der Waals surface area contributed by atoms with Crippen LogP contribution in [-0.4, -0.2) is 42.6 Å². The summed E-state index contributed by atoms with van der Waals surface area (Å²) in [5, 5.41) is 4.96. The first-order valence-electron chi connectivity index (χ1n) is 18.5. The van der Waals surface area contributed by atoms with E-state index in [1.54, 1.807) is 33.1 Å². The van der Waals surface area contributed by atoms with Gasteiger partial charge in [-0.2, -0.15) is 0 Å². The predicted octanol–water partition coefficient (Wildman–Crippen LogP) is 6.66. The molecule has 7 aromatic carbocycles. The Morgan fingerprint density at radius 1 is 0.383 bits per heavy atom. The minimum atomic E-state index is -0.794. The molecule has 0 bridgehead atoms. The van der Waals surface area contributed by atoms with Gasteiger partial charge in [0.15, 0.2) is 0 Å². The van der Waals surface area contributed by atoms with Crippen molar-refractivity contribution in [1.29, 1.82) is 0 Å². The zero-order valence-electron chi connectivity index (χ0n) is 30.8. The lowest BCUT2D eigenvalue weighted by molar-refractivity contribution is 0.0366. The number of nitrogens with two attached hydrogens (primary N) is 2. The van der Waals surface area contributed by atoms with Crippen LogP contribution in [-0.2, 0) is 9.47 Å². The second kappa shape index (κ2) is 12.4. The number of imidazole rings is 2. The van der Waals surface area contributed by atoms with Gasteiger partial charge in [0.05, 0.1) is 55.7 Å². The number of benzene rings is 7. The van der Waals surface area contributed by atoms with E-state index in [-0.39, 0.29) is 44.1 Å². The highest BCUT2D eigenvalue weighted by atomic mass is 16.6. The molecule has 4 aromatic heterocycles. The summed E-state index contributed by atoms with van der Waals surface area (Å²) in [6.07, 6.45) is 0. The van der Waals surface area contributed by atoms with Gasteiger partial charge in [-0.1, -0.05) is 36.4 Å².